The number of furan rings is 1. The molecule has 3 rings (SSSR count). The summed E-state index contributed by atoms with van der Waals surface area (Å²) >= 11 is 0. The quantitative estimate of drug-likeness (QED) is 0.913. The van der Waals surface area contributed by atoms with E-state index in [1.807, 2.05) is 24.3 Å². The largest absolute Gasteiger partial charge is 0.463 e. The molecule has 4 heteroatoms. The Labute approximate surface area is 124 Å². The van der Waals surface area contributed by atoms with Crippen LogP contribution < -0.4 is 5.32 Å². The van der Waals surface area contributed by atoms with Crippen LogP contribution >= 0.6 is 0 Å². The number of aromatic nitrogens is 1. The van der Waals surface area contributed by atoms with Crippen LogP contribution in [0.25, 0.3) is 11.5 Å². The summed E-state index contributed by atoms with van der Waals surface area (Å²) in [5, 5.41) is 2.98. The average molecular weight is 284 g/mol. The van der Waals surface area contributed by atoms with Gasteiger partial charge >= 0.3 is 0 Å². The number of amides is 1. The van der Waals surface area contributed by atoms with Crippen molar-refractivity contribution in [2.75, 3.05) is 0 Å². The van der Waals surface area contributed by atoms with Crippen LogP contribution in [0.5, 0.6) is 0 Å². The molecule has 1 N–H and O–H groups in total. The molecule has 1 saturated carbocycles. The molecule has 0 radical (unpaired) electrons. The van der Waals surface area contributed by atoms with Gasteiger partial charge in [0.2, 0.25) is 5.91 Å². The fraction of sp³-hybridized carbons (Fsp3) is 0.412. The molecule has 0 unspecified atom stereocenters. The van der Waals surface area contributed by atoms with Crippen LogP contribution in [-0.4, -0.2) is 10.9 Å². The first kappa shape index (κ1) is 13.9. The average Bonchev–Trinajstić information content (AvgIpc) is 3.19. The van der Waals surface area contributed by atoms with Crippen molar-refractivity contribution in [3.8, 4) is 11.5 Å². The molecule has 21 heavy (non-hydrogen) atoms. The van der Waals surface area contributed by atoms with E-state index in [2.05, 4.69) is 10.3 Å². The summed E-state index contributed by atoms with van der Waals surface area (Å²) in [6.45, 7) is 0.539. The summed E-state index contributed by atoms with van der Waals surface area (Å²) in [7, 11) is 0. The number of hydrogen-bond donors (Lipinski definition) is 1. The molecule has 0 aromatic carbocycles. The van der Waals surface area contributed by atoms with E-state index >= 15 is 0 Å². The lowest BCUT2D eigenvalue weighted by molar-refractivity contribution is -0.122. The fourth-order valence-electron chi connectivity index (χ4n) is 2.85. The molecule has 1 aliphatic carbocycles. The van der Waals surface area contributed by atoms with Crippen molar-refractivity contribution < 1.29 is 9.21 Å². The number of carbonyl (C=O) groups excluding carboxylic acids is 1. The Balaban J connectivity index is 1.50. The maximum Gasteiger partial charge on any atom is 0.220 e. The van der Waals surface area contributed by atoms with E-state index in [1.54, 1.807) is 12.5 Å². The maximum atomic E-state index is 11.9. The van der Waals surface area contributed by atoms with Gasteiger partial charge in [-0.05, 0) is 42.5 Å². The lowest BCUT2D eigenvalue weighted by Crippen LogP contribution is -2.24. The molecule has 1 aliphatic rings. The maximum absolute atomic E-state index is 11.9. The van der Waals surface area contributed by atoms with Gasteiger partial charge in [-0.25, -0.2) is 0 Å². The van der Waals surface area contributed by atoms with Gasteiger partial charge in [0, 0.05) is 19.2 Å². The third-order valence-corrected chi connectivity index (χ3v) is 4.04. The molecule has 2 aromatic heterocycles. The van der Waals surface area contributed by atoms with Gasteiger partial charge in [-0.3, -0.25) is 9.78 Å². The summed E-state index contributed by atoms with van der Waals surface area (Å²) in [4.78, 5) is 16.2. The van der Waals surface area contributed by atoms with Crippen LogP contribution in [-0.2, 0) is 11.3 Å². The molecular weight excluding hydrogens is 264 g/mol. The zero-order chi connectivity index (χ0) is 14.5. The van der Waals surface area contributed by atoms with Gasteiger partial charge in [0.25, 0.3) is 0 Å². The van der Waals surface area contributed by atoms with Crippen LogP contribution in [0.15, 0.2) is 41.1 Å². The van der Waals surface area contributed by atoms with Crippen LogP contribution in [0.4, 0.5) is 0 Å². The summed E-state index contributed by atoms with van der Waals surface area (Å²) < 4.78 is 5.30. The highest BCUT2D eigenvalue weighted by atomic mass is 16.3. The summed E-state index contributed by atoms with van der Waals surface area (Å²) in [5.74, 6) is 1.49. The van der Waals surface area contributed by atoms with Crippen molar-refractivity contribution in [3.05, 3.63) is 42.3 Å². The lowest BCUT2D eigenvalue weighted by Gasteiger charge is -2.09. The minimum atomic E-state index is 0.150. The van der Waals surface area contributed by atoms with Crippen LogP contribution in [0.3, 0.4) is 0 Å². The molecule has 0 atom stereocenters. The standard InChI is InChI=1S/C17H20N2O2/c20-17(10-13-4-1-2-5-13)19-12-14-7-8-15(18-11-14)16-6-3-9-21-16/h3,6-9,11,13H,1-2,4-5,10,12H2,(H,19,20). The summed E-state index contributed by atoms with van der Waals surface area (Å²) in [5.41, 5.74) is 1.81. The molecule has 4 nitrogen and oxygen atoms in total. The Hall–Kier alpha value is -2.10. The van der Waals surface area contributed by atoms with Crippen molar-refractivity contribution in [2.24, 2.45) is 5.92 Å². The zero-order valence-electron chi connectivity index (χ0n) is 12.0. The molecule has 0 aliphatic heterocycles. The third kappa shape index (κ3) is 3.72. The molecule has 1 fully saturated rings. The van der Waals surface area contributed by atoms with Crippen LogP contribution in [0.1, 0.15) is 37.7 Å². The highest BCUT2D eigenvalue weighted by Gasteiger charge is 2.18. The minimum Gasteiger partial charge on any atom is -0.463 e. The van der Waals surface area contributed by atoms with Crippen molar-refractivity contribution in [3.63, 3.8) is 0 Å². The van der Waals surface area contributed by atoms with Gasteiger partial charge < -0.3 is 9.73 Å². The lowest BCUT2D eigenvalue weighted by atomic mass is 10.0. The van der Waals surface area contributed by atoms with E-state index < -0.39 is 0 Å². The van der Waals surface area contributed by atoms with E-state index in [9.17, 15) is 4.79 Å². The SMILES string of the molecule is O=C(CC1CCCC1)NCc1ccc(-c2ccco2)nc1. The first-order chi connectivity index (χ1) is 10.3. The first-order valence-corrected chi connectivity index (χ1v) is 7.57. The minimum absolute atomic E-state index is 0.150. The number of nitrogens with one attached hydrogen (secondary N) is 1. The van der Waals surface area contributed by atoms with Crippen molar-refractivity contribution in [1.82, 2.24) is 10.3 Å². The Morgan fingerprint density at radius 3 is 2.81 bits per heavy atom. The molecule has 2 aromatic rings. The molecule has 2 heterocycles. The Morgan fingerprint density at radius 2 is 2.14 bits per heavy atom. The third-order valence-electron chi connectivity index (χ3n) is 4.04. The highest BCUT2D eigenvalue weighted by molar-refractivity contribution is 5.76. The number of pyridine rings is 1. The second-order valence-electron chi connectivity index (χ2n) is 5.66. The topological polar surface area (TPSA) is 55.1 Å². The van der Waals surface area contributed by atoms with Crippen molar-refractivity contribution >= 4 is 5.91 Å². The van der Waals surface area contributed by atoms with Crippen LogP contribution in [0, 0.1) is 5.92 Å². The van der Waals surface area contributed by atoms with E-state index in [0.717, 1.165) is 17.0 Å². The van der Waals surface area contributed by atoms with Gasteiger partial charge in [0.1, 0.15) is 5.69 Å². The number of nitrogens with zero attached hydrogens (tertiary/aromatic N) is 1. The molecular formula is C17H20N2O2. The van der Waals surface area contributed by atoms with Gasteiger partial charge in [-0.2, -0.15) is 0 Å². The van der Waals surface area contributed by atoms with Gasteiger partial charge in [-0.1, -0.05) is 18.9 Å². The molecule has 0 spiro atoms. The zero-order valence-corrected chi connectivity index (χ0v) is 12.0. The van der Waals surface area contributed by atoms with Gasteiger partial charge in [-0.15, -0.1) is 0 Å². The fourth-order valence-corrected chi connectivity index (χ4v) is 2.85. The van der Waals surface area contributed by atoms with Gasteiger partial charge in [0.05, 0.1) is 6.26 Å². The first-order valence-electron chi connectivity index (χ1n) is 7.57. The molecule has 110 valence electrons. The Bertz CT molecular complexity index is 569. The number of hydrogen-bond acceptors (Lipinski definition) is 3. The second kappa shape index (κ2) is 6.57. The van der Waals surface area contributed by atoms with E-state index in [0.29, 0.717) is 18.9 Å². The number of rotatable bonds is 5. The predicted octanol–water partition coefficient (Wildman–Crippen LogP) is 3.54. The molecule has 0 saturated heterocycles. The highest BCUT2D eigenvalue weighted by Crippen LogP contribution is 2.27. The normalized spacial score (nSPS) is 15.2. The molecule has 1 amide bonds. The Morgan fingerprint density at radius 1 is 1.29 bits per heavy atom. The number of carbonyl (C=O) groups is 1. The van der Waals surface area contributed by atoms with Crippen molar-refractivity contribution in [1.29, 1.82) is 0 Å². The monoisotopic (exact) mass is 284 g/mol. The predicted molar refractivity (Wildman–Crippen MR) is 80.4 cm³/mol. The van der Waals surface area contributed by atoms with E-state index in [-0.39, 0.29) is 5.91 Å². The Kier molecular flexibility index (Phi) is 4.34. The molecule has 0 bridgehead atoms. The van der Waals surface area contributed by atoms with E-state index in [4.69, 9.17) is 4.42 Å². The van der Waals surface area contributed by atoms with Crippen LogP contribution in [0.2, 0.25) is 0 Å². The summed E-state index contributed by atoms with van der Waals surface area (Å²) in [6.07, 6.45) is 9.03. The smallest absolute Gasteiger partial charge is 0.220 e. The van der Waals surface area contributed by atoms with E-state index in [1.165, 1.54) is 25.7 Å². The van der Waals surface area contributed by atoms with Gasteiger partial charge in [0.15, 0.2) is 5.76 Å². The summed E-state index contributed by atoms with van der Waals surface area (Å²) in [6, 6.07) is 7.61. The second-order valence-corrected chi connectivity index (χ2v) is 5.66. The van der Waals surface area contributed by atoms with Crippen molar-refractivity contribution in [2.45, 2.75) is 38.6 Å².